The molecule has 0 radical (unpaired) electrons. The normalized spacial score (nSPS) is 12.2. The van der Waals surface area contributed by atoms with Gasteiger partial charge in [-0.05, 0) is 6.42 Å². The van der Waals surface area contributed by atoms with Gasteiger partial charge < -0.3 is 9.01 Å². The lowest BCUT2D eigenvalue weighted by Crippen LogP contribution is -2.37. The fourth-order valence-electron chi connectivity index (χ4n) is 5.99. The fraction of sp³-hybridized carbons (Fsp3) is 0.974. The monoisotopic (exact) mass is 627 g/mol. The molecule has 258 valence electrons. The van der Waals surface area contributed by atoms with E-state index in [1.807, 2.05) is 0 Å². The van der Waals surface area contributed by atoms with Crippen molar-refractivity contribution in [3.8, 4) is 0 Å². The van der Waals surface area contributed by atoms with Crippen LogP contribution in [-0.2, 0) is 9.32 Å². The molecule has 0 saturated carbocycles. The molecule has 0 N–H and O–H groups in total. The molecule has 0 aliphatic carbocycles. The molecule has 0 aromatic heterocycles. The van der Waals surface area contributed by atoms with Crippen molar-refractivity contribution in [1.29, 1.82) is 0 Å². The average Bonchev–Trinajstić information content (AvgIpc) is 2.97. The highest BCUT2D eigenvalue weighted by molar-refractivity contribution is 7.53. The van der Waals surface area contributed by atoms with Gasteiger partial charge in [-0.25, -0.2) is 0 Å². The first-order chi connectivity index (χ1) is 21.0. The molecule has 0 aliphatic rings. The van der Waals surface area contributed by atoms with Gasteiger partial charge in [-0.1, -0.05) is 200 Å². The highest BCUT2D eigenvalue weighted by atomic mass is 31.1. The maximum Gasteiger partial charge on any atom is 0.178 e. The number of rotatable bonds is 37. The van der Waals surface area contributed by atoms with Crippen LogP contribution in [0.2, 0.25) is 0 Å². The van der Waals surface area contributed by atoms with Crippen LogP contribution in [0, 0.1) is 0 Å². The highest BCUT2D eigenvalue weighted by Gasteiger charge is 2.08. The standard InChI is InChI=1S/C39H81NO2P/c1-5-6-7-8-9-10-11-12-13-14-15-16-17-18-19-20-21-22-23-24-25-26-27-28-29-30-31-32-33-34-35-36-39(41)43-42-38-37-40(2,3)4/h43H,5-38H2,1-4H3/q+1. The van der Waals surface area contributed by atoms with E-state index < -0.39 is 0 Å². The van der Waals surface area contributed by atoms with Crippen LogP contribution in [0.25, 0.3) is 0 Å². The van der Waals surface area contributed by atoms with Crippen molar-refractivity contribution in [2.45, 2.75) is 212 Å². The van der Waals surface area contributed by atoms with Gasteiger partial charge in [-0.15, -0.1) is 0 Å². The summed E-state index contributed by atoms with van der Waals surface area (Å²) in [6, 6.07) is 0. The van der Waals surface area contributed by atoms with Crippen molar-refractivity contribution in [2.24, 2.45) is 0 Å². The Morgan fingerprint density at radius 3 is 0.953 bits per heavy atom. The molecular formula is C39H81NO2P+. The summed E-state index contributed by atoms with van der Waals surface area (Å²) in [6.45, 7) is 3.95. The van der Waals surface area contributed by atoms with Crippen LogP contribution in [-0.4, -0.2) is 44.3 Å². The van der Waals surface area contributed by atoms with Crippen molar-refractivity contribution < 1.29 is 13.8 Å². The Morgan fingerprint density at radius 1 is 0.442 bits per heavy atom. The molecule has 0 aromatic carbocycles. The summed E-state index contributed by atoms with van der Waals surface area (Å²) in [4.78, 5) is 11.9. The number of unbranched alkanes of at least 4 members (excludes halogenated alkanes) is 30. The van der Waals surface area contributed by atoms with Crippen molar-refractivity contribution in [2.75, 3.05) is 34.3 Å². The Labute approximate surface area is 274 Å². The lowest BCUT2D eigenvalue weighted by Gasteiger charge is -2.23. The Hall–Kier alpha value is 0.0200. The Bertz CT molecular complexity index is 548. The van der Waals surface area contributed by atoms with Gasteiger partial charge in [0.05, 0.1) is 30.0 Å². The third-order valence-corrected chi connectivity index (χ3v) is 9.88. The summed E-state index contributed by atoms with van der Waals surface area (Å²) >= 11 is 0. The molecule has 4 heteroatoms. The molecule has 0 fully saturated rings. The molecular weight excluding hydrogens is 545 g/mol. The van der Waals surface area contributed by atoms with Crippen LogP contribution in [0.3, 0.4) is 0 Å². The van der Waals surface area contributed by atoms with Crippen LogP contribution in [0.15, 0.2) is 0 Å². The van der Waals surface area contributed by atoms with Crippen LogP contribution in [0.4, 0.5) is 0 Å². The molecule has 1 atom stereocenters. The first kappa shape index (κ1) is 43.0. The molecule has 0 aromatic rings. The molecule has 0 saturated heterocycles. The molecule has 0 spiro atoms. The number of nitrogens with zero attached hydrogens (tertiary/aromatic N) is 1. The molecule has 0 aliphatic heterocycles. The van der Waals surface area contributed by atoms with Crippen LogP contribution < -0.4 is 0 Å². The van der Waals surface area contributed by atoms with E-state index in [4.69, 9.17) is 4.52 Å². The summed E-state index contributed by atoms with van der Waals surface area (Å²) in [7, 11) is 6.51. The Balaban J connectivity index is 3.11. The molecule has 3 nitrogen and oxygen atoms in total. The number of quaternary nitrogens is 1. The SMILES string of the molecule is CCCCCCCCCCCCCCCCCCCCCCCCCCCCCCCCCC(=O)POCC[N+](C)(C)C. The number of carbonyl (C=O) groups is 1. The second-order valence-corrected chi connectivity index (χ2v) is 15.8. The Morgan fingerprint density at radius 2 is 0.698 bits per heavy atom. The molecule has 0 rings (SSSR count). The zero-order valence-corrected chi connectivity index (χ0v) is 31.3. The van der Waals surface area contributed by atoms with E-state index in [0.29, 0.717) is 18.6 Å². The summed E-state index contributed by atoms with van der Waals surface area (Å²) in [5, 5.41) is 0. The summed E-state index contributed by atoms with van der Waals surface area (Å²) in [5.41, 5.74) is 0.303. The van der Waals surface area contributed by atoms with Gasteiger partial charge in [0.25, 0.3) is 0 Å². The summed E-state index contributed by atoms with van der Waals surface area (Å²) < 4.78 is 6.44. The summed E-state index contributed by atoms with van der Waals surface area (Å²) in [6.07, 6.45) is 44.9. The molecule has 43 heavy (non-hydrogen) atoms. The van der Waals surface area contributed by atoms with E-state index in [2.05, 4.69) is 28.1 Å². The van der Waals surface area contributed by atoms with Crippen molar-refractivity contribution in [1.82, 2.24) is 0 Å². The fourth-order valence-corrected chi connectivity index (χ4v) is 6.62. The predicted octanol–water partition coefficient (Wildman–Crippen LogP) is 13.3. The van der Waals surface area contributed by atoms with E-state index in [9.17, 15) is 4.79 Å². The van der Waals surface area contributed by atoms with Gasteiger partial charge in [0.2, 0.25) is 0 Å². The number of likely N-dealkylation sites (N-methyl/N-ethyl adjacent to an activating group) is 1. The quantitative estimate of drug-likeness (QED) is 0.0389. The second-order valence-electron chi connectivity index (χ2n) is 14.7. The number of carbonyl (C=O) groups excluding carboxylic acids is 1. The minimum Gasteiger partial charge on any atom is -0.349 e. The number of hydrogen-bond acceptors (Lipinski definition) is 2. The van der Waals surface area contributed by atoms with Crippen LogP contribution >= 0.6 is 8.81 Å². The average molecular weight is 627 g/mol. The molecule has 1 unspecified atom stereocenters. The third-order valence-electron chi connectivity index (χ3n) is 9.06. The van der Waals surface area contributed by atoms with Gasteiger partial charge in [-0.3, -0.25) is 4.79 Å². The van der Waals surface area contributed by atoms with Gasteiger partial charge in [0.1, 0.15) is 13.2 Å². The second kappa shape index (κ2) is 34.9. The maximum absolute atomic E-state index is 11.9. The van der Waals surface area contributed by atoms with Crippen molar-refractivity contribution in [3.05, 3.63) is 0 Å². The smallest absolute Gasteiger partial charge is 0.178 e. The van der Waals surface area contributed by atoms with E-state index >= 15 is 0 Å². The topological polar surface area (TPSA) is 26.3 Å². The zero-order valence-electron chi connectivity index (χ0n) is 30.3. The minimum atomic E-state index is 0.0524. The lowest BCUT2D eigenvalue weighted by molar-refractivity contribution is -0.870. The number of hydrogen-bond donors (Lipinski definition) is 0. The molecule has 0 heterocycles. The third kappa shape index (κ3) is 40.0. The largest absolute Gasteiger partial charge is 0.349 e. The lowest BCUT2D eigenvalue weighted by atomic mass is 10.0. The first-order valence-corrected chi connectivity index (χ1v) is 20.6. The van der Waals surface area contributed by atoms with E-state index in [1.54, 1.807) is 0 Å². The van der Waals surface area contributed by atoms with Crippen LogP contribution in [0.5, 0.6) is 0 Å². The minimum absolute atomic E-state index is 0.0524. The summed E-state index contributed by atoms with van der Waals surface area (Å²) in [5.74, 6) is 0. The zero-order chi connectivity index (χ0) is 31.5. The first-order valence-electron chi connectivity index (χ1n) is 19.7. The van der Waals surface area contributed by atoms with E-state index in [-0.39, 0.29) is 8.81 Å². The van der Waals surface area contributed by atoms with E-state index in [1.165, 1.54) is 193 Å². The van der Waals surface area contributed by atoms with E-state index in [0.717, 1.165) is 17.4 Å². The predicted molar refractivity (Wildman–Crippen MR) is 196 cm³/mol. The van der Waals surface area contributed by atoms with Gasteiger partial charge in [-0.2, -0.15) is 0 Å². The van der Waals surface area contributed by atoms with Gasteiger partial charge >= 0.3 is 0 Å². The Kier molecular flexibility index (Phi) is 34.9. The molecule has 0 amide bonds. The highest BCUT2D eigenvalue weighted by Crippen LogP contribution is 2.20. The molecule has 0 bridgehead atoms. The maximum atomic E-state index is 11.9. The van der Waals surface area contributed by atoms with Crippen LogP contribution in [0.1, 0.15) is 212 Å². The van der Waals surface area contributed by atoms with Gasteiger partial charge in [0.15, 0.2) is 5.52 Å². The van der Waals surface area contributed by atoms with Crippen molar-refractivity contribution >= 4 is 14.3 Å². The van der Waals surface area contributed by atoms with Gasteiger partial charge in [0, 0.05) is 6.42 Å². The van der Waals surface area contributed by atoms with Crippen molar-refractivity contribution in [3.63, 3.8) is 0 Å².